The lowest BCUT2D eigenvalue weighted by molar-refractivity contribution is -0.120. The SMILES string of the molecule is COc1cc(C(=O)CNC(=O)Cc2ccccn2)cc(OC)c1OC. The van der Waals surface area contributed by atoms with Crippen LogP contribution in [0, 0.1) is 0 Å². The number of methoxy groups -OCH3 is 3. The zero-order chi connectivity index (χ0) is 18.2. The summed E-state index contributed by atoms with van der Waals surface area (Å²) in [4.78, 5) is 28.4. The van der Waals surface area contributed by atoms with Crippen LogP contribution in [0.4, 0.5) is 0 Å². The van der Waals surface area contributed by atoms with Crippen LogP contribution in [0.3, 0.4) is 0 Å². The molecule has 0 saturated carbocycles. The van der Waals surface area contributed by atoms with E-state index in [9.17, 15) is 9.59 Å². The third-order valence-electron chi connectivity index (χ3n) is 3.50. The summed E-state index contributed by atoms with van der Waals surface area (Å²) in [5.41, 5.74) is 0.993. The van der Waals surface area contributed by atoms with Crippen LogP contribution in [0.5, 0.6) is 17.2 Å². The summed E-state index contributed by atoms with van der Waals surface area (Å²) >= 11 is 0. The largest absolute Gasteiger partial charge is 0.493 e. The summed E-state index contributed by atoms with van der Waals surface area (Å²) < 4.78 is 15.7. The zero-order valence-corrected chi connectivity index (χ0v) is 14.4. The van der Waals surface area contributed by atoms with Crippen molar-refractivity contribution in [1.29, 1.82) is 0 Å². The number of carbonyl (C=O) groups is 2. The molecule has 1 amide bonds. The fourth-order valence-electron chi connectivity index (χ4n) is 2.25. The highest BCUT2D eigenvalue weighted by Gasteiger charge is 2.17. The smallest absolute Gasteiger partial charge is 0.226 e. The molecule has 0 atom stereocenters. The molecule has 1 N–H and O–H groups in total. The Morgan fingerprint density at radius 2 is 1.72 bits per heavy atom. The van der Waals surface area contributed by atoms with Gasteiger partial charge in [0.05, 0.1) is 34.3 Å². The van der Waals surface area contributed by atoms with Crippen molar-refractivity contribution >= 4 is 11.7 Å². The summed E-state index contributed by atoms with van der Waals surface area (Å²) in [6, 6.07) is 8.43. The Morgan fingerprint density at radius 1 is 1.04 bits per heavy atom. The molecule has 0 unspecified atom stereocenters. The molecule has 0 aliphatic heterocycles. The van der Waals surface area contributed by atoms with E-state index in [1.807, 2.05) is 0 Å². The van der Waals surface area contributed by atoms with Crippen molar-refractivity contribution in [2.24, 2.45) is 0 Å². The van der Waals surface area contributed by atoms with E-state index in [-0.39, 0.29) is 24.7 Å². The van der Waals surface area contributed by atoms with E-state index in [1.54, 1.807) is 36.5 Å². The van der Waals surface area contributed by atoms with E-state index in [0.29, 0.717) is 28.5 Å². The number of nitrogens with zero attached hydrogens (tertiary/aromatic N) is 1. The summed E-state index contributed by atoms with van der Waals surface area (Å²) in [5, 5.41) is 2.59. The van der Waals surface area contributed by atoms with Gasteiger partial charge in [-0.2, -0.15) is 0 Å². The van der Waals surface area contributed by atoms with E-state index in [4.69, 9.17) is 14.2 Å². The van der Waals surface area contributed by atoms with E-state index < -0.39 is 0 Å². The van der Waals surface area contributed by atoms with Gasteiger partial charge in [0.25, 0.3) is 0 Å². The van der Waals surface area contributed by atoms with Gasteiger partial charge < -0.3 is 19.5 Å². The fraction of sp³-hybridized carbons (Fsp3) is 0.278. The molecule has 1 aromatic heterocycles. The first-order valence-corrected chi connectivity index (χ1v) is 7.58. The number of Topliss-reactive ketones (excluding diaryl/α,β-unsaturated/α-hetero) is 1. The van der Waals surface area contributed by atoms with Gasteiger partial charge in [-0.1, -0.05) is 6.07 Å². The van der Waals surface area contributed by atoms with Crippen LogP contribution in [0.2, 0.25) is 0 Å². The molecule has 0 saturated heterocycles. The van der Waals surface area contributed by atoms with Crippen LogP contribution in [0.15, 0.2) is 36.5 Å². The second-order valence-corrected chi connectivity index (χ2v) is 5.11. The summed E-state index contributed by atoms with van der Waals surface area (Å²) in [7, 11) is 4.43. The van der Waals surface area contributed by atoms with Crippen molar-refractivity contribution in [2.45, 2.75) is 6.42 Å². The van der Waals surface area contributed by atoms with Crippen LogP contribution in [0.25, 0.3) is 0 Å². The van der Waals surface area contributed by atoms with Crippen LogP contribution in [0.1, 0.15) is 16.1 Å². The van der Waals surface area contributed by atoms with Crippen molar-refractivity contribution < 1.29 is 23.8 Å². The van der Waals surface area contributed by atoms with Gasteiger partial charge in [-0.25, -0.2) is 0 Å². The van der Waals surface area contributed by atoms with Gasteiger partial charge in [-0.15, -0.1) is 0 Å². The number of pyridine rings is 1. The lowest BCUT2D eigenvalue weighted by Gasteiger charge is -2.13. The first kappa shape index (κ1) is 18.3. The van der Waals surface area contributed by atoms with Crippen LogP contribution in [-0.4, -0.2) is 44.5 Å². The molecule has 0 bridgehead atoms. The average molecular weight is 344 g/mol. The fourth-order valence-corrected chi connectivity index (χ4v) is 2.25. The minimum Gasteiger partial charge on any atom is -0.493 e. The highest BCUT2D eigenvalue weighted by molar-refractivity contribution is 6.00. The summed E-state index contributed by atoms with van der Waals surface area (Å²) in [6.07, 6.45) is 1.73. The number of aromatic nitrogens is 1. The number of rotatable bonds is 8. The first-order valence-electron chi connectivity index (χ1n) is 7.58. The average Bonchev–Trinajstić information content (AvgIpc) is 2.65. The number of hydrogen-bond acceptors (Lipinski definition) is 6. The molecule has 0 aliphatic rings. The normalized spacial score (nSPS) is 10.0. The second-order valence-electron chi connectivity index (χ2n) is 5.11. The number of benzene rings is 1. The van der Waals surface area contributed by atoms with Crippen molar-refractivity contribution in [2.75, 3.05) is 27.9 Å². The molecule has 0 aliphatic carbocycles. The third-order valence-corrected chi connectivity index (χ3v) is 3.50. The Balaban J connectivity index is 2.04. The van der Waals surface area contributed by atoms with Crippen LogP contribution in [-0.2, 0) is 11.2 Å². The quantitative estimate of drug-likeness (QED) is 0.733. The number of carbonyl (C=O) groups excluding carboxylic acids is 2. The molecular weight excluding hydrogens is 324 g/mol. The van der Waals surface area contributed by atoms with E-state index in [0.717, 1.165) is 0 Å². The van der Waals surface area contributed by atoms with E-state index in [1.165, 1.54) is 21.3 Å². The topological polar surface area (TPSA) is 86.8 Å². The van der Waals surface area contributed by atoms with Gasteiger partial charge in [0.2, 0.25) is 11.7 Å². The Labute approximate surface area is 145 Å². The predicted octanol–water partition coefficient (Wildman–Crippen LogP) is 1.65. The Morgan fingerprint density at radius 3 is 2.24 bits per heavy atom. The maximum atomic E-state index is 12.4. The van der Waals surface area contributed by atoms with Gasteiger partial charge in [0, 0.05) is 17.5 Å². The molecule has 7 nitrogen and oxygen atoms in total. The Bertz CT molecular complexity index is 721. The number of hydrogen-bond donors (Lipinski definition) is 1. The zero-order valence-electron chi connectivity index (χ0n) is 14.4. The molecule has 0 fully saturated rings. The molecule has 1 heterocycles. The van der Waals surface area contributed by atoms with Gasteiger partial charge in [0.15, 0.2) is 17.3 Å². The highest BCUT2D eigenvalue weighted by Crippen LogP contribution is 2.38. The molecule has 0 spiro atoms. The molecule has 7 heteroatoms. The minimum absolute atomic E-state index is 0.114. The number of amides is 1. The monoisotopic (exact) mass is 344 g/mol. The van der Waals surface area contributed by atoms with Crippen LogP contribution < -0.4 is 19.5 Å². The maximum Gasteiger partial charge on any atom is 0.226 e. The molecule has 2 rings (SSSR count). The molecule has 0 radical (unpaired) electrons. The first-order chi connectivity index (χ1) is 12.1. The molecule has 25 heavy (non-hydrogen) atoms. The minimum atomic E-state index is -0.278. The molecule has 2 aromatic rings. The number of ketones is 1. The van der Waals surface area contributed by atoms with Gasteiger partial charge in [-0.05, 0) is 24.3 Å². The number of ether oxygens (including phenoxy) is 3. The molecular formula is C18H20N2O5. The van der Waals surface area contributed by atoms with Crippen molar-refractivity contribution in [3.63, 3.8) is 0 Å². The standard InChI is InChI=1S/C18H20N2O5/c1-23-15-8-12(9-16(24-2)18(15)25-3)14(21)11-20-17(22)10-13-6-4-5-7-19-13/h4-9H,10-11H2,1-3H3,(H,20,22). The maximum absolute atomic E-state index is 12.4. The third kappa shape index (κ3) is 4.69. The van der Waals surface area contributed by atoms with E-state index in [2.05, 4.69) is 10.3 Å². The number of nitrogens with one attached hydrogen (secondary N) is 1. The highest BCUT2D eigenvalue weighted by atomic mass is 16.5. The Kier molecular flexibility index (Phi) is 6.33. The van der Waals surface area contributed by atoms with Crippen molar-refractivity contribution in [1.82, 2.24) is 10.3 Å². The van der Waals surface area contributed by atoms with Crippen LogP contribution >= 0.6 is 0 Å². The lowest BCUT2D eigenvalue weighted by Crippen LogP contribution is -2.31. The lowest BCUT2D eigenvalue weighted by atomic mass is 10.1. The van der Waals surface area contributed by atoms with Crippen molar-refractivity contribution in [3.8, 4) is 17.2 Å². The molecule has 1 aromatic carbocycles. The summed E-state index contributed by atoms with van der Waals surface area (Å²) in [5.74, 6) is 0.615. The van der Waals surface area contributed by atoms with Gasteiger partial charge in [-0.3, -0.25) is 14.6 Å². The van der Waals surface area contributed by atoms with Gasteiger partial charge in [0.1, 0.15) is 0 Å². The predicted molar refractivity (Wildman–Crippen MR) is 91.4 cm³/mol. The van der Waals surface area contributed by atoms with E-state index >= 15 is 0 Å². The van der Waals surface area contributed by atoms with Crippen molar-refractivity contribution in [3.05, 3.63) is 47.8 Å². The van der Waals surface area contributed by atoms with Gasteiger partial charge >= 0.3 is 0 Å². The Hall–Kier alpha value is -3.09. The second kappa shape index (κ2) is 8.68. The molecule has 132 valence electrons. The summed E-state index contributed by atoms with van der Waals surface area (Å²) in [6.45, 7) is -0.135.